The smallest absolute Gasteiger partial charge is 0.259 e. The number of halogens is 1. The fraction of sp³-hybridized carbons (Fsp3) is 0.500. The highest BCUT2D eigenvalue weighted by Crippen LogP contribution is 2.45. The molecule has 1 aliphatic heterocycles. The van der Waals surface area contributed by atoms with Gasteiger partial charge in [0.1, 0.15) is 10.8 Å². The van der Waals surface area contributed by atoms with E-state index in [0.717, 1.165) is 50.8 Å². The summed E-state index contributed by atoms with van der Waals surface area (Å²) in [5.74, 6) is -0.525. The van der Waals surface area contributed by atoms with Gasteiger partial charge in [0.15, 0.2) is 0 Å². The summed E-state index contributed by atoms with van der Waals surface area (Å²) in [6.07, 6.45) is 4.83. The predicted octanol–water partition coefficient (Wildman–Crippen LogP) is 5.53. The Kier molecular flexibility index (Phi) is 5.71. The van der Waals surface area contributed by atoms with Crippen LogP contribution >= 0.6 is 11.3 Å². The molecule has 1 N–H and O–H groups in total. The number of fused-ring (bicyclic) bond motifs is 1. The normalized spacial score (nSPS) is 18.9. The van der Waals surface area contributed by atoms with Crippen LogP contribution < -0.4 is 5.32 Å². The number of hydrogen-bond donors (Lipinski definition) is 1. The van der Waals surface area contributed by atoms with Crippen molar-refractivity contribution in [2.24, 2.45) is 11.3 Å². The molecule has 4 nitrogen and oxygen atoms in total. The van der Waals surface area contributed by atoms with Gasteiger partial charge in [-0.15, -0.1) is 11.3 Å². The fourth-order valence-corrected chi connectivity index (χ4v) is 5.85. The van der Waals surface area contributed by atoms with Crippen molar-refractivity contribution in [2.45, 2.75) is 52.9 Å². The molecular weight excluding hydrogens is 399 g/mol. The summed E-state index contributed by atoms with van der Waals surface area (Å²) in [6.45, 7) is 8.29. The molecule has 2 aliphatic rings. The first kappa shape index (κ1) is 21.0. The van der Waals surface area contributed by atoms with E-state index in [1.165, 1.54) is 28.3 Å². The molecule has 160 valence electrons. The molecule has 1 aliphatic carbocycles. The average molecular weight is 429 g/mol. The van der Waals surface area contributed by atoms with Crippen LogP contribution in [0.3, 0.4) is 0 Å². The van der Waals surface area contributed by atoms with Gasteiger partial charge in [-0.1, -0.05) is 32.9 Å². The molecule has 30 heavy (non-hydrogen) atoms. The Morgan fingerprint density at radius 1 is 1.17 bits per heavy atom. The first-order valence-electron chi connectivity index (χ1n) is 10.8. The van der Waals surface area contributed by atoms with Crippen LogP contribution in [0.5, 0.6) is 0 Å². The van der Waals surface area contributed by atoms with Gasteiger partial charge in [0.05, 0.1) is 11.1 Å². The summed E-state index contributed by atoms with van der Waals surface area (Å²) in [4.78, 5) is 29.2. The lowest BCUT2D eigenvalue weighted by Crippen LogP contribution is -2.30. The topological polar surface area (TPSA) is 49.4 Å². The minimum Gasteiger partial charge on any atom is -0.339 e. The van der Waals surface area contributed by atoms with Crippen LogP contribution in [-0.4, -0.2) is 29.8 Å². The third-order valence-corrected chi connectivity index (χ3v) is 7.61. The van der Waals surface area contributed by atoms with Crippen LogP contribution in [0.15, 0.2) is 24.3 Å². The van der Waals surface area contributed by atoms with Gasteiger partial charge in [-0.2, -0.15) is 0 Å². The van der Waals surface area contributed by atoms with E-state index >= 15 is 0 Å². The summed E-state index contributed by atoms with van der Waals surface area (Å²) >= 11 is 1.50. The zero-order chi connectivity index (χ0) is 21.5. The number of amides is 2. The predicted molar refractivity (Wildman–Crippen MR) is 119 cm³/mol. The molecule has 0 saturated carbocycles. The summed E-state index contributed by atoms with van der Waals surface area (Å²) in [7, 11) is 0. The summed E-state index contributed by atoms with van der Waals surface area (Å²) in [5, 5.41) is 3.44. The molecule has 2 amide bonds. The monoisotopic (exact) mass is 428 g/mol. The minimum absolute atomic E-state index is 0.00282. The van der Waals surface area contributed by atoms with Crippen molar-refractivity contribution < 1.29 is 14.0 Å². The number of thiophene rings is 1. The second kappa shape index (κ2) is 8.14. The van der Waals surface area contributed by atoms with Gasteiger partial charge < -0.3 is 10.2 Å². The lowest BCUT2D eigenvalue weighted by atomic mass is 9.72. The van der Waals surface area contributed by atoms with Crippen LogP contribution in [0.2, 0.25) is 0 Å². The van der Waals surface area contributed by atoms with E-state index in [1.54, 1.807) is 12.1 Å². The molecule has 6 heteroatoms. The van der Waals surface area contributed by atoms with E-state index in [-0.39, 0.29) is 16.9 Å². The van der Waals surface area contributed by atoms with Crippen LogP contribution in [0.25, 0.3) is 0 Å². The molecule has 2 aromatic rings. The van der Waals surface area contributed by atoms with E-state index in [1.807, 2.05) is 4.90 Å². The van der Waals surface area contributed by atoms with Gasteiger partial charge in [-0.25, -0.2) is 4.39 Å². The van der Waals surface area contributed by atoms with Crippen LogP contribution in [0.1, 0.15) is 71.2 Å². The van der Waals surface area contributed by atoms with E-state index in [0.29, 0.717) is 16.5 Å². The number of rotatable bonds is 3. The Morgan fingerprint density at radius 2 is 1.87 bits per heavy atom. The second-order valence-electron chi connectivity index (χ2n) is 9.45. The third-order valence-electron chi connectivity index (χ3n) is 6.44. The van der Waals surface area contributed by atoms with Crippen molar-refractivity contribution in [3.8, 4) is 0 Å². The molecule has 1 aromatic heterocycles. The van der Waals surface area contributed by atoms with Gasteiger partial charge in [-0.05, 0) is 61.1 Å². The number of anilines is 1. The molecule has 1 atom stereocenters. The van der Waals surface area contributed by atoms with E-state index in [2.05, 4.69) is 26.1 Å². The lowest BCUT2D eigenvalue weighted by Gasteiger charge is -2.34. The zero-order valence-electron chi connectivity index (χ0n) is 17.9. The highest BCUT2D eigenvalue weighted by Gasteiger charge is 2.35. The molecule has 1 saturated heterocycles. The largest absolute Gasteiger partial charge is 0.339 e. The number of likely N-dealkylation sites (tertiary alicyclic amines) is 1. The SMILES string of the molecule is CC(C)(C)[C@@H]1CCc2c(sc(NC(=O)c3ccccc3F)c2C(=O)N2CCCC2)C1. The van der Waals surface area contributed by atoms with Gasteiger partial charge in [0.2, 0.25) is 0 Å². The van der Waals surface area contributed by atoms with Gasteiger partial charge in [0.25, 0.3) is 11.8 Å². The maximum Gasteiger partial charge on any atom is 0.259 e. The van der Waals surface area contributed by atoms with Crippen LogP contribution in [0, 0.1) is 17.2 Å². The fourth-order valence-electron chi connectivity index (χ4n) is 4.53. The molecule has 1 fully saturated rings. The number of benzene rings is 1. The number of nitrogens with one attached hydrogen (secondary N) is 1. The number of carbonyl (C=O) groups is 2. The van der Waals surface area contributed by atoms with Gasteiger partial charge in [-0.3, -0.25) is 9.59 Å². The quantitative estimate of drug-likeness (QED) is 0.699. The summed E-state index contributed by atoms with van der Waals surface area (Å²) in [5.41, 5.74) is 1.91. The standard InChI is InChI=1S/C24H29FN2O2S/c1-24(2,3)15-10-11-17-19(14-15)30-22(20(17)23(29)27-12-6-7-13-27)26-21(28)16-8-4-5-9-18(16)25/h4-5,8-9,15H,6-7,10-14H2,1-3H3,(H,26,28)/t15-/m1/s1. The molecule has 1 aromatic carbocycles. The minimum atomic E-state index is -0.559. The van der Waals surface area contributed by atoms with Crippen LogP contribution in [-0.2, 0) is 12.8 Å². The zero-order valence-corrected chi connectivity index (χ0v) is 18.7. The summed E-state index contributed by atoms with van der Waals surface area (Å²) < 4.78 is 14.1. The van der Waals surface area contributed by atoms with E-state index in [9.17, 15) is 14.0 Å². The molecule has 0 radical (unpaired) electrons. The van der Waals surface area contributed by atoms with Crippen molar-refractivity contribution in [1.82, 2.24) is 4.90 Å². The Balaban J connectivity index is 1.70. The number of hydrogen-bond acceptors (Lipinski definition) is 3. The average Bonchev–Trinajstić information content (AvgIpc) is 3.34. The van der Waals surface area contributed by atoms with Gasteiger partial charge >= 0.3 is 0 Å². The summed E-state index contributed by atoms with van der Waals surface area (Å²) in [6, 6.07) is 5.95. The van der Waals surface area contributed by atoms with E-state index < -0.39 is 11.7 Å². The van der Waals surface area contributed by atoms with Crippen molar-refractivity contribution in [3.63, 3.8) is 0 Å². The first-order chi connectivity index (χ1) is 14.3. The Bertz CT molecular complexity index is 970. The van der Waals surface area contributed by atoms with Crippen molar-refractivity contribution in [1.29, 1.82) is 0 Å². The second-order valence-corrected chi connectivity index (χ2v) is 10.6. The Hall–Kier alpha value is -2.21. The molecule has 4 rings (SSSR count). The van der Waals surface area contributed by atoms with Crippen molar-refractivity contribution in [2.75, 3.05) is 18.4 Å². The third kappa shape index (κ3) is 4.02. The lowest BCUT2D eigenvalue weighted by molar-refractivity contribution is 0.0792. The Labute approximate surface area is 181 Å². The van der Waals surface area contributed by atoms with Crippen molar-refractivity contribution in [3.05, 3.63) is 51.7 Å². The van der Waals surface area contributed by atoms with Gasteiger partial charge in [0, 0.05) is 18.0 Å². The molecule has 0 unspecified atom stereocenters. The van der Waals surface area contributed by atoms with Crippen LogP contribution in [0.4, 0.5) is 9.39 Å². The number of nitrogens with zero attached hydrogens (tertiary/aromatic N) is 1. The maximum absolute atomic E-state index is 14.1. The van der Waals surface area contributed by atoms with Crippen molar-refractivity contribution >= 4 is 28.2 Å². The highest BCUT2D eigenvalue weighted by molar-refractivity contribution is 7.17. The van der Waals surface area contributed by atoms with E-state index in [4.69, 9.17) is 0 Å². The maximum atomic E-state index is 14.1. The molecule has 0 spiro atoms. The number of carbonyl (C=O) groups excluding carboxylic acids is 2. The molecular formula is C24H29FN2O2S. The first-order valence-corrected chi connectivity index (χ1v) is 11.6. The Morgan fingerprint density at radius 3 is 2.53 bits per heavy atom. The molecule has 2 heterocycles. The molecule has 0 bridgehead atoms. The highest BCUT2D eigenvalue weighted by atomic mass is 32.1.